The smallest absolute Gasteiger partial charge is 0.358 e. The number of nitrogens with one attached hydrogen (secondary N) is 1. The van der Waals surface area contributed by atoms with Gasteiger partial charge in [0.2, 0.25) is 5.91 Å². The SMILES string of the molecule is CCOC(=O)c1nc(NC(=O)CCc2ccc(Cl)s2)sc1C(C)=O. The van der Waals surface area contributed by atoms with Gasteiger partial charge in [0.05, 0.1) is 10.9 Å². The van der Waals surface area contributed by atoms with Crippen LogP contribution in [0.5, 0.6) is 0 Å². The molecule has 2 aromatic heterocycles. The van der Waals surface area contributed by atoms with Crippen LogP contribution < -0.4 is 5.32 Å². The maximum atomic E-state index is 12.0. The minimum atomic E-state index is -0.673. The molecule has 0 atom stereocenters. The van der Waals surface area contributed by atoms with E-state index < -0.39 is 5.97 Å². The Balaban J connectivity index is 2.03. The molecule has 0 unspecified atom stereocenters. The van der Waals surface area contributed by atoms with E-state index in [1.807, 2.05) is 6.07 Å². The quantitative estimate of drug-likeness (QED) is 0.577. The molecule has 0 spiro atoms. The summed E-state index contributed by atoms with van der Waals surface area (Å²) in [6.07, 6.45) is 0.805. The van der Waals surface area contributed by atoms with Crippen LogP contribution in [-0.2, 0) is 16.0 Å². The van der Waals surface area contributed by atoms with Crippen LogP contribution in [0.4, 0.5) is 5.13 Å². The second kappa shape index (κ2) is 8.36. The van der Waals surface area contributed by atoms with Crippen LogP contribution in [0.3, 0.4) is 0 Å². The summed E-state index contributed by atoms with van der Waals surface area (Å²) in [6, 6.07) is 3.65. The van der Waals surface area contributed by atoms with Crippen molar-refractivity contribution in [2.75, 3.05) is 11.9 Å². The van der Waals surface area contributed by atoms with Crippen molar-refractivity contribution in [3.05, 3.63) is 31.9 Å². The number of carbonyl (C=O) groups excluding carboxylic acids is 3. The normalized spacial score (nSPS) is 10.5. The van der Waals surface area contributed by atoms with Gasteiger partial charge in [-0.1, -0.05) is 22.9 Å². The molecule has 2 aromatic rings. The van der Waals surface area contributed by atoms with Crippen molar-refractivity contribution in [2.45, 2.75) is 26.7 Å². The Morgan fingerprint density at radius 2 is 2.04 bits per heavy atom. The Morgan fingerprint density at radius 1 is 1.29 bits per heavy atom. The van der Waals surface area contributed by atoms with Crippen molar-refractivity contribution in [3.63, 3.8) is 0 Å². The molecule has 0 aromatic carbocycles. The van der Waals surface area contributed by atoms with Gasteiger partial charge in [-0.05, 0) is 25.5 Å². The minimum Gasteiger partial charge on any atom is -0.461 e. The number of ketones is 1. The Bertz CT molecular complexity index is 769. The average Bonchev–Trinajstić information content (AvgIpc) is 3.12. The summed E-state index contributed by atoms with van der Waals surface area (Å²) in [6.45, 7) is 3.18. The number of hydrogen-bond acceptors (Lipinski definition) is 7. The van der Waals surface area contributed by atoms with Gasteiger partial charge < -0.3 is 10.1 Å². The Kier molecular flexibility index (Phi) is 6.47. The number of esters is 1. The van der Waals surface area contributed by atoms with Crippen LogP contribution in [0.25, 0.3) is 0 Å². The van der Waals surface area contributed by atoms with E-state index in [0.29, 0.717) is 10.8 Å². The van der Waals surface area contributed by atoms with Gasteiger partial charge in [0.15, 0.2) is 16.6 Å². The molecule has 1 amide bonds. The first kappa shape index (κ1) is 18.6. The van der Waals surface area contributed by atoms with Crippen LogP contribution in [0.15, 0.2) is 12.1 Å². The van der Waals surface area contributed by atoms with E-state index in [1.54, 1.807) is 13.0 Å². The number of amides is 1. The number of aromatic nitrogens is 1. The largest absolute Gasteiger partial charge is 0.461 e. The van der Waals surface area contributed by atoms with E-state index >= 15 is 0 Å². The van der Waals surface area contributed by atoms with Crippen LogP contribution in [0.2, 0.25) is 4.34 Å². The molecular weight excluding hydrogens is 372 g/mol. The van der Waals surface area contributed by atoms with Crippen molar-refractivity contribution in [2.24, 2.45) is 0 Å². The number of ether oxygens (including phenoxy) is 1. The Morgan fingerprint density at radius 3 is 2.62 bits per heavy atom. The van der Waals surface area contributed by atoms with Gasteiger partial charge in [-0.25, -0.2) is 9.78 Å². The highest BCUT2D eigenvalue weighted by Gasteiger charge is 2.23. The fourth-order valence-corrected chi connectivity index (χ4v) is 3.81. The number of carbonyl (C=O) groups is 3. The monoisotopic (exact) mass is 386 g/mol. The number of aryl methyl sites for hydroxylation is 1. The second-order valence-corrected chi connectivity index (χ2v) is 7.53. The number of thiophene rings is 1. The highest BCUT2D eigenvalue weighted by molar-refractivity contribution is 7.18. The van der Waals surface area contributed by atoms with Gasteiger partial charge in [0.1, 0.15) is 4.88 Å². The number of rotatable bonds is 7. The number of nitrogens with zero attached hydrogens (tertiary/aromatic N) is 1. The molecule has 9 heteroatoms. The molecule has 0 radical (unpaired) electrons. The molecule has 1 N–H and O–H groups in total. The van der Waals surface area contributed by atoms with Gasteiger partial charge in [0, 0.05) is 18.2 Å². The zero-order valence-electron chi connectivity index (χ0n) is 13.1. The molecular formula is C15H15ClN2O4S2. The molecule has 24 heavy (non-hydrogen) atoms. The highest BCUT2D eigenvalue weighted by Crippen LogP contribution is 2.25. The van der Waals surface area contributed by atoms with Crippen molar-refractivity contribution < 1.29 is 19.1 Å². The predicted molar refractivity (Wildman–Crippen MR) is 94.4 cm³/mol. The summed E-state index contributed by atoms with van der Waals surface area (Å²) in [4.78, 5) is 40.7. The molecule has 6 nitrogen and oxygen atoms in total. The van der Waals surface area contributed by atoms with Crippen molar-refractivity contribution >= 4 is 57.1 Å². The summed E-state index contributed by atoms with van der Waals surface area (Å²) in [7, 11) is 0. The lowest BCUT2D eigenvalue weighted by atomic mass is 10.2. The van der Waals surface area contributed by atoms with Crippen LogP contribution in [-0.4, -0.2) is 29.3 Å². The summed E-state index contributed by atoms with van der Waals surface area (Å²) >= 11 is 8.23. The van der Waals surface area contributed by atoms with E-state index in [0.717, 1.165) is 16.2 Å². The van der Waals surface area contributed by atoms with E-state index in [-0.39, 0.29) is 40.4 Å². The molecule has 0 saturated heterocycles. The minimum absolute atomic E-state index is 0.0605. The molecule has 2 heterocycles. The first-order valence-corrected chi connectivity index (χ1v) is 9.14. The van der Waals surface area contributed by atoms with Gasteiger partial charge in [-0.15, -0.1) is 11.3 Å². The lowest BCUT2D eigenvalue weighted by Crippen LogP contribution is -2.13. The van der Waals surface area contributed by atoms with Gasteiger partial charge >= 0.3 is 5.97 Å². The van der Waals surface area contributed by atoms with Crippen molar-refractivity contribution in [3.8, 4) is 0 Å². The number of halogens is 1. The van der Waals surface area contributed by atoms with Crippen LogP contribution in [0, 0.1) is 0 Å². The van der Waals surface area contributed by atoms with Gasteiger partial charge in [-0.2, -0.15) is 0 Å². The summed E-state index contributed by atoms with van der Waals surface area (Å²) < 4.78 is 5.55. The summed E-state index contributed by atoms with van der Waals surface area (Å²) in [5.74, 6) is -1.23. The first-order chi connectivity index (χ1) is 11.4. The van der Waals surface area contributed by atoms with Gasteiger partial charge in [-0.3, -0.25) is 9.59 Å². The van der Waals surface area contributed by atoms with Crippen LogP contribution in [0.1, 0.15) is 45.3 Å². The second-order valence-electron chi connectivity index (χ2n) is 4.73. The molecule has 0 aliphatic heterocycles. The molecule has 0 aliphatic rings. The Hall–Kier alpha value is -1.77. The number of hydrogen-bond donors (Lipinski definition) is 1. The third kappa shape index (κ3) is 4.86. The van der Waals surface area contributed by atoms with E-state index in [4.69, 9.17) is 16.3 Å². The first-order valence-electron chi connectivity index (χ1n) is 7.13. The summed E-state index contributed by atoms with van der Waals surface area (Å²) in [5, 5.41) is 2.82. The van der Waals surface area contributed by atoms with E-state index in [9.17, 15) is 14.4 Å². The standard InChI is InChI=1S/C15H15ClN2O4S2/c1-3-22-14(21)12-13(8(2)19)24-15(18-12)17-11(20)7-5-9-4-6-10(16)23-9/h4,6H,3,5,7H2,1-2H3,(H,17,18,20). The third-order valence-electron chi connectivity index (χ3n) is 2.89. The summed E-state index contributed by atoms with van der Waals surface area (Å²) in [5.41, 5.74) is -0.0605. The lowest BCUT2D eigenvalue weighted by Gasteiger charge is -2.00. The fraction of sp³-hybridized carbons (Fsp3) is 0.333. The average molecular weight is 387 g/mol. The lowest BCUT2D eigenvalue weighted by molar-refractivity contribution is -0.116. The molecule has 2 rings (SSSR count). The molecule has 0 saturated carbocycles. The molecule has 128 valence electrons. The van der Waals surface area contributed by atoms with Gasteiger partial charge in [0.25, 0.3) is 0 Å². The molecule has 0 bridgehead atoms. The van der Waals surface area contributed by atoms with Crippen molar-refractivity contribution in [1.29, 1.82) is 0 Å². The Labute approximate surface area is 151 Å². The third-order valence-corrected chi connectivity index (χ3v) is 5.25. The zero-order chi connectivity index (χ0) is 17.7. The topological polar surface area (TPSA) is 85.4 Å². The highest BCUT2D eigenvalue weighted by atomic mass is 35.5. The maximum Gasteiger partial charge on any atom is 0.358 e. The van der Waals surface area contributed by atoms with E-state index in [1.165, 1.54) is 18.3 Å². The zero-order valence-corrected chi connectivity index (χ0v) is 15.4. The number of Topliss-reactive ketones (excluding diaryl/α,β-unsaturated/α-hetero) is 1. The maximum absolute atomic E-state index is 12.0. The van der Waals surface area contributed by atoms with Crippen molar-refractivity contribution in [1.82, 2.24) is 4.98 Å². The van der Waals surface area contributed by atoms with Crippen LogP contribution >= 0.6 is 34.3 Å². The molecule has 0 fully saturated rings. The number of anilines is 1. The number of thiazole rings is 1. The molecule has 0 aliphatic carbocycles. The fourth-order valence-electron chi connectivity index (χ4n) is 1.85. The van der Waals surface area contributed by atoms with E-state index in [2.05, 4.69) is 10.3 Å². The predicted octanol–water partition coefficient (Wildman–Crippen LogP) is 3.81.